The summed E-state index contributed by atoms with van der Waals surface area (Å²) in [7, 11) is 0. The van der Waals surface area contributed by atoms with Crippen molar-refractivity contribution in [1.29, 1.82) is 0 Å². The highest BCUT2D eigenvalue weighted by Crippen LogP contribution is 2.33. The van der Waals surface area contributed by atoms with Crippen molar-refractivity contribution < 1.29 is 9.90 Å². The van der Waals surface area contributed by atoms with Crippen LogP contribution in [0.1, 0.15) is 27.9 Å². The Hall–Kier alpha value is -1.06. The van der Waals surface area contributed by atoms with Crippen LogP contribution < -0.4 is 5.73 Å². The van der Waals surface area contributed by atoms with Crippen molar-refractivity contribution in [3.8, 4) is 5.75 Å². The lowest BCUT2D eigenvalue weighted by Gasteiger charge is -2.10. The Kier molecular flexibility index (Phi) is 3.72. The number of ketones is 1. The van der Waals surface area contributed by atoms with Crippen molar-refractivity contribution in [2.24, 2.45) is 5.73 Å². The van der Waals surface area contributed by atoms with Gasteiger partial charge in [-0.3, -0.25) is 4.79 Å². The molecule has 0 saturated heterocycles. The second kappa shape index (κ2) is 4.64. The minimum absolute atomic E-state index is 0.132. The molecule has 82 valence electrons. The Morgan fingerprint density at radius 3 is 2.60 bits per heavy atom. The molecule has 0 unspecified atom stereocenters. The number of benzene rings is 1. The van der Waals surface area contributed by atoms with Crippen molar-refractivity contribution in [3.63, 3.8) is 0 Å². The monoisotopic (exact) mass is 227 g/mol. The van der Waals surface area contributed by atoms with E-state index in [9.17, 15) is 9.90 Å². The zero-order valence-electron chi connectivity index (χ0n) is 8.80. The quantitative estimate of drug-likeness (QED) is 0.779. The first-order valence-corrected chi connectivity index (χ1v) is 5.08. The maximum Gasteiger partial charge on any atom is 0.168 e. The zero-order valence-corrected chi connectivity index (χ0v) is 9.56. The number of aromatic hydroxyl groups is 1. The maximum atomic E-state index is 11.7. The molecule has 0 aliphatic heterocycles. The van der Waals surface area contributed by atoms with E-state index in [-0.39, 0.29) is 35.1 Å². The van der Waals surface area contributed by atoms with E-state index in [2.05, 4.69) is 0 Å². The summed E-state index contributed by atoms with van der Waals surface area (Å²) in [6.07, 6.45) is 0.216. The van der Waals surface area contributed by atoms with Crippen molar-refractivity contribution in [3.05, 3.63) is 27.8 Å². The number of carbonyl (C=O) groups excluding carboxylic acids is 1. The molecule has 0 bridgehead atoms. The topological polar surface area (TPSA) is 63.3 Å². The normalized spacial score (nSPS) is 10.4. The van der Waals surface area contributed by atoms with Crippen LogP contribution in [-0.2, 0) is 0 Å². The Bertz CT molecular complexity index is 402. The minimum Gasteiger partial charge on any atom is -0.506 e. The van der Waals surface area contributed by atoms with Crippen LogP contribution in [0.3, 0.4) is 0 Å². The van der Waals surface area contributed by atoms with Crippen LogP contribution in [0.25, 0.3) is 0 Å². The second-order valence-corrected chi connectivity index (χ2v) is 3.89. The van der Waals surface area contributed by atoms with E-state index in [1.165, 1.54) is 0 Å². The van der Waals surface area contributed by atoms with Crippen LogP contribution in [-0.4, -0.2) is 17.4 Å². The first kappa shape index (κ1) is 12.0. The molecule has 1 aromatic carbocycles. The highest BCUT2D eigenvalue weighted by Gasteiger charge is 2.17. The Labute approximate surface area is 93.9 Å². The lowest BCUT2D eigenvalue weighted by molar-refractivity contribution is 0.0982. The van der Waals surface area contributed by atoms with Gasteiger partial charge in [0.1, 0.15) is 5.75 Å². The molecule has 0 amide bonds. The highest BCUT2D eigenvalue weighted by atomic mass is 35.5. The van der Waals surface area contributed by atoms with Gasteiger partial charge in [0, 0.05) is 6.42 Å². The fourth-order valence-corrected chi connectivity index (χ4v) is 1.70. The SMILES string of the molecule is Cc1cc(C)c(C(=O)CCN)c(O)c1Cl. The second-order valence-electron chi connectivity index (χ2n) is 3.51. The van der Waals surface area contributed by atoms with Gasteiger partial charge in [-0.1, -0.05) is 17.7 Å². The van der Waals surface area contributed by atoms with Crippen molar-refractivity contribution >= 4 is 17.4 Å². The molecule has 0 aromatic heterocycles. The van der Waals surface area contributed by atoms with Gasteiger partial charge in [-0.25, -0.2) is 0 Å². The van der Waals surface area contributed by atoms with Gasteiger partial charge >= 0.3 is 0 Å². The largest absolute Gasteiger partial charge is 0.506 e. The van der Waals surface area contributed by atoms with Crippen LogP contribution in [0.4, 0.5) is 0 Å². The first-order chi connectivity index (χ1) is 6.99. The van der Waals surface area contributed by atoms with Crippen LogP contribution in [0.2, 0.25) is 5.02 Å². The average molecular weight is 228 g/mol. The van der Waals surface area contributed by atoms with E-state index >= 15 is 0 Å². The van der Waals surface area contributed by atoms with E-state index in [0.717, 1.165) is 11.1 Å². The highest BCUT2D eigenvalue weighted by molar-refractivity contribution is 6.33. The number of phenols is 1. The number of carbonyl (C=O) groups is 1. The summed E-state index contributed by atoms with van der Waals surface area (Å²) in [5, 5.41) is 10.00. The minimum atomic E-state index is -0.172. The summed E-state index contributed by atoms with van der Waals surface area (Å²) in [5.74, 6) is -0.304. The Balaban J connectivity index is 3.29. The maximum absolute atomic E-state index is 11.7. The summed E-state index contributed by atoms with van der Waals surface area (Å²) < 4.78 is 0. The lowest BCUT2D eigenvalue weighted by atomic mass is 9.99. The molecule has 3 nitrogen and oxygen atoms in total. The van der Waals surface area contributed by atoms with E-state index < -0.39 is 0 Å². The summed E-state index contributed by atoms with van der Waals surface area (Å²) in [6, 6.07) is 1.78. The molecule has 0 heterocycles. The Morgan fingerprint density at radius 2 is 2.07 bits per heavy atom. The third kappa shape index (κ3) is 2.30. The van der Waals surface area contributed by atoms with Crippen molar-refractivity contribution in [2.45, 2.75) is 20.3 Å². The van der Waals surface area contributed by atoms with Gasteiger partial charge in [-0.2, -0.15) is 0 Å². The predicted octanol–water partition coefficient (Wildman–Crippen LogP) is 2.19. The molecule has 0 aliphatic rings. The molecular formula is C11H14ClNO2. The molecule has 0 fully saturated rings. The molecular weight excluding hydrogens is 214 g/mol. The number of halogens is 1. The molecule has 1 rings (SSSR count). The molecule has 15 heavy (non-hydrogen) atoms. The number of rotatable bonds is 3. The number of phenolic OH excluding ortho intramolecular Hbond substituents is 1. The molecule has 0 spiro atoms. The van der Waals surface area contributed by atoms with Crippen molar-refractivity contribution in [1.82, 2.24) is 0 Å². The van der Waals surface area contributed by atoms with Gasteiger partial charge in [0.05, 0.1) is 10.6 Å². The van der Waals surface area contributed by atoms with Gasteiger partial charge in [-0.15, -0.1) is 0 Å². The number of aryl methyl sites for hydroxylation is 2. The first-order valence-electron chi connectivity index (χ1n) is 4.71. The molecule has 1 aromatic rings. The van der Waals surface area contributed by atoms with Crippen LogP contribution >= 0.6 is 11.6 Å². The zero-order chi connectivity index (χ0) is 11.6. The molecule has 0 saturated carbocycles. The molecule has 3 N–H and O–H groups in total. The van der Waals surface area contributed by atoms with Gasteiger partial charge in [-0.05, 0) is 31.5 Å². The summed E-state index contributed by atoms with van der Waals surface area (Å²) in [4.78, 5) is 11.7. The van der Waals surface area contributed by atoms with Gasteiger partial charge in [0.15, 0.2) is 5.78 Å². The van der Waals surface area contributed by atoms with E-state index in [1.807, 2.05) is 0 Å². The summed E-state index contributed by atoms with van der Waals surface area (Å²) in [5.41, 5.74) is 7.08. The molecule has 0 aliphatic carbocycles. The number of hydrogen-bond donors (Lipinski definition) is 2. The van der Waals surface area contributed by atoms with Crippen LogP contribution in [0, 0.1) is 13.8 Å². The number of nitrogens with two attached hydrogens (primary N) is 1. The molecule has 0 atom stereocenters. The fourth-order valence-electron chi connectivity index (χ4n) is 1.55. The third-order valence-electron chi connectivity index (χ3n) is 2.27. The van der Waals surface area contributed by atoms with Gasteiger partial charge in [0.2, 0.25) is 0 Å². The Morgan fingerprint density at radius 1 is 1.47 bits per heavy atom. The number of hydrogen-bond acceptors (Lipinski definition) is 3. The van der Waals surface area contributed by atoms with Crippen LogP contribution in [0.15, 0.2) is 6.07 Å². The number of Topliss-reactive ketones (excluding diaryl/α,β-unsaturated/α-hetero) is 1. The van der Waals surface area contributed by atoms with Gasteiger partial charge < -0.3 is 10.8 Å². The lowest BCUT2D eigenvalue weighted by Crippen LogP contribution is -2.10. The summed E-state index contributed by atoms with van der Waals surface area (Å²) >= 11 is 5.87. The van der Waals surface area contributed by atoms with Crippen molar-refractivity contribution in [2.75, 3.05) is 6.54 Å². The van der Waals surface area contributed by atoms with E-state index in [4.69, 9.17) is 17.3 Å². The standard InChI is InChI=1S/C11H14ClNO2/c1-6-5-7(2)10(12)11(15)9(6)8(14)3-4-13/h5,15H,3-4,13H2,1-2H3. The smallest absolute Gasteiger partial charge is 0.168 e. The fraction of sp³-hybridized carbons (Fsp3) is 0.364. The predicted molar refractivity (Wildman–Crippen MR) is 60.6 cm³/mol. The van der Waals surface area contributed by atoms with E-state index in [0.29, 0.717) is 0 Å². The van der Waals surface area contributed by atoms with E-state index in [1.54, 1.807) is 19.9 Å². The average Bonchev–Trinajstić information content (AvgIpc) is 2.15. The molecule has 4 heteroatoms. The summed E-state index contributed by atoms with van der Waals surface area (Å²) in [6.45, 7) is 3.82. The van der Waals surface area contributed by atoms with Gasteiger partial charge in [0.25, 0.3) is 0 Å². The molecule has 0 radical (unpaired) electrons. The third-order valence-corrected chi connectivity index (χ3v) is 2.75. The van der Waals surface area contributed by atoms with Crippen LogP contribution in [0.5, 0.6) is 5.75 Å².